The minimum atomic E-state index is -0.328. The van der Waals surface area contributed by atoms with E-state index >= 15 is 0 Å². The molecule has 12 aromatic carbocycles. The molecule has 0 radical (unpaired) electrons. The molecule has 0 N–H and O–H groups in total. The average Bonchev–Trinajstić information content (AvgIpc) is 3.85. The van der Waals surface area contributed by atoms with Crippen LogP contribution >= 0.6 is 0 Å². The number of anilines is 8. The molecule has 0 unspecified atom stereocenters. The van der Waals surface area contributed by atoms with Crippen molar-refractivity contribution < 1.29 is 4.42 Å². The Balaban J connectivity index is 1.11. The summed E-state index contributed by atoms with van der Waals surface area (Å²) < 4.78 is 7.47. The Bertz CT molecular complexity index is 4390. The van der Waals surface area contributed by atoms with E-state index in [1.165, 1.54) is 49.4 Å². The summed E-state index contributed by atoms with van der Waals surface area (Å²) in [5, 5.41) is 6.92. The van der Waals surface area contributed by atoms with E-state index < -0.39 is 0 Å². The van der Waals surface area contributed by atoms with Crippen molar-refractivity contribution in [3.63, 3.8) is 0 Å². The lowest BCUT2D eigenvalue weighted by Gasteiger charge is -2.46. The van der Waals surface area contributed by atoms with Crippen LogP contribution in [0.25, 0.3) is 76.9 Å². The molecular weight excluding hydrogens is 934 g/mol. The average molecular weight is 986 g/mol. The fraction of sp³-hybridized carbons (Fsp3) is 0.0556. The van der Waals surface area contributed by atoms with Gasteiger partial charge in [0.05, 0.1) is 5.69 Å². The van der Waals surface area contributed by atoms with Crippen molar-refractivity contribution in [2.75, 3.05) is 14.6 Å². The highest BCUT2D eigenvalue weighted by Crippen LogP contribution is 2.53. The third kappa shape index (κ3) is 7.29. The van der Waals surface area contributed by atoms with Gasteiger partial charge < -0.3 is 19.0 Å². The van der Waals surface area contributed by atoms with Gasteiger partial charge in [0.2, 0.25) is 0 Å². The van der Waals surface area contributed by atoms with Gasteiger partial charge in [0.25, 0.3) is 0 Å². The van der Waals surface area contributed by atoms with E-state index in [9.17, 15) is 0 Å². The SMILES string of the molecule is CC(C)(C)c1ccc(N2c3cc(N(c4ccccc4)c4ccccc4)cc4c3B(c3c2ccc2c3oc3cc5ccccc5cc32)N(c2ccc(-c3ccccc3)cc2)c2cc3ccccc3cc2-4)c(-c2ccccc2)c1. The van der Waals surface area contributed by atoms with E-state index in [1.54, 1.807) is 0 Å². The number of hydrogen-bond donors (Lipinski definition) is 0. The van der Waals surface area contributed by atoms with Crippen LogP contribution in [0.1, 0.15) is 26.3 Å². The quantitative estimate of drug-likeness (QED) is 0.148. The first kappa shape index (κ1) is 44.9. The summed E-state index contributed by atoms with van der Waals surface area (Å²) in [6.45, 7) is 6.60. The van der Waals surface area contributed by atoms with Gasteiger partial charge >= 0.3 is 6.85 Å². The molecule has 15 rings (SSSR count). The van der Waals surface area contributed by atoms with Crippen molar-refractivity contribution in [1.29, 1.82) is 0 Å². The summed E-state index contributed by atoms with van der Waals surface area (Å²) in [6.07, 6.45) is 0. The zero-order valence-corrected chi connectivity index (χ0v) is 43.2. The molecule has 4 nitrogen and oxygen atoms in total. The van der Waals surface area contributed by atoms with Gasteiger partial charge in [-0.25, -0.2) is 0 Å². The Morgan fingerprint density at radius 3 is 1.58 bits per heavy atom. The van der Waals surface area contributed by atoms with Crippen molar-refractivity contribution in [1.82, 2.24) is 0 Å². The summed E-state index contributed by atoms with van der Waals surface area (Å²) in [5.41, 5.74) is 21.1. The molecule has 0 saturated heterocycles. The first-order chi connectivity index (χ1) is 37.8. The minimum absolute atomic E-state index is 0.0923. The topological polar surface area (TPSA) is 22.9 Å². The second-order valence-corrected chi connectivity index (χ2v) is 21.7. The lowest BCUT2D eigenvalue weighted by atomic mass is 9.43. The Labute approximate surface area is 449 Å². The lowest BCUT2D eigenvalue weighted by molar-refractivity contribution is 0.590. The molecule has 0 amide bonds. The molecule has 0 aliphatic carbocycles. The predicted octanol–water partition coefficient (Wildman–Crippen LogP) is 18.7. The van der Waals surface area contributed by atoms with Crippen molar-refractivity contribution in [2.45, 2.75) is 26.2 Å². The predicted molar refractivity (Wildman–Crippen MR) is 327 cm³/mol. The fourth-order valence-corrected chi connectivity index (χ4v) is 12.4. The first-order valence-electron chi connectivity index (χ1n) is 26.8. The molecule has 2 aliphatic rings. The summed E-state index contributed by atoms with van der Waals surface area (Å²) in [4.78, 5) is 7.61. The first-order valence-corrected chi connectivity index (χ1v) is 26.8. The molecule has 0 atom stereocenters. The smallest absolute Gasteiger partial charge is 0.336 e. The van der Waals surface area contributed by atoms with Gasteiger partial charge in [0.1, 0.15) is 11.2 Å². The van der Waals surface area contributed by atoms with E-state index in [-0.39, 0.29) is 12.3 Å². The molecule has 77 heavy (non-hydrogen) atoms. The molecule has 2 aliphatic heterocycles. The van der Waals surface area contributed by atoms with Crippen LogP contribution in [-0.2, 0) is 5.41 Å². The molecule has 364 valence electrons. The Kier molecular flexibility index (Phi) is 10.2. The molecule has 1 aromatic heterocycles. The lowest BCUT2D eigenvalue weighted by Crippen LogP contribution is -2.61. The number of nitrogens with zero attached hydrogens (tertiary/aromatic N) is 3. The molecule has 5 heteroatoms. The van der Waals surface area contributed by atoms with Crippen LogP contribution in [0.3, 0.4) is 0 Å². The van der Waals surface area contributed by atoms with E-state index in [4.69, 9.17) is 4.42 Å². The van der Waals surface area contributed by atoms with Gasteiger partial charge in [-0.3, -0.25) is 0 Å². The second kappa shape index (κ2) is 17.5. The van der Waals surface area contributed by atoms with Crippen molar-refractivity contribution in [2.24, 2.45) is 0 Å². The highest BCUT2D eigenvalue weighted by Gasteiger charge is 2.48. The van der Waals surface area contributed by atoms with Crippen LogP contribution in [0.5, 0.6) is 0 Å². The largest absolute Gasteiger partial charge is 0.456 e. The second-order valence-electron chi connectivity index (χ2n) is 21.7. The maximum Gasteiger partial charge on any atom is 0.336 e. The third-order valence-corrected chi connectivity index (χ3v) is 16.1. The van der Waals surface area contributed by atoms with Crippen LogP contribution < -0.4 is 25.5 Å². The highest BCUT2D eigenvalue weighted by atomic mass is 16.3. The van der Waals surface area contributed by atoms with Crippen LogP contribution in [-0.4, -0.2) is 6.85 Å². The number of rotatable bonds is 7. The Hall–Kier alpha value is -9.58. The third-order valence-electron chi connectivity index (χ3n) is 16.1. The van der Waals surface area contributed by atoms with Gasteiger partial charge in [0, 0.05) is 67.2 Å². The summed E-state index contributed by atoms with van der Waals surface area (Å²) >= 11 is 0. The van der Waals surface area contributed by atoms with E-state index in [0.29, 0.717) is 0 Å². The molecule has 0 spiro atoms. The minimum Gasteiger partial charge on any atom is -0.456 e. The maximum atomic E-state index is 7.47. The van der Waals surface area contributed by atoms with Gasteiger partial charge in [0.15, 0.2) is 0 Å². The summed E-state index contributed by atoms with van der Waals surface area (Å²) in [5.74, 6) is 0. The Morgan fingerprint density at radius 2 is 0.935 bits per heavy atom. The zero-order chi connectivity index (χ0) is 51.4. The standard InChI is InChI=1S/C72H52BN3O/c1-72(2,3)54-34-38-64(60(44-54)49-22-10-5-11-23-49)75-65-39-37-59-62-41-51-25-17-19-27-53(51)43-68(62)77-71(59)70(65)73-69-63(45-58(46-67(69)75)74(55-28-12-6-13-29-55)56-30-14-7-15-31-56)61-40-50-24-16-18-26-52(50)42-66(61)76(73)57-35-32-48(33-36-57)47-20-8-4-9-21-47/h4-46H,1-3H3. The van der Waals surface area contributed by atoms with E-state index in [0.717, 1.165) is 89.4 Å². The highest BCUT2D eigenvalue weighted by molar-refractivity contribution is 6.95. The zero-order valence-electron chi connectivity index (χ0n) is 43.2. The normalized spacial score (nSPS) is 12.8. The van der Waals surface area contributed by atoms with Crippen LogP contribution in [0.4, 0.5) is 45.5 Å². The molecule has 0 bridgehead atoms. The van der Waals surface area contributed by atoms with E-state index in [2.05, 4.69) is 296 Å². The van der Waals surface area contributed by atoms with Crippen molar-refractivity contribution >= 4 is 107 Å². The van der Waals surface area contributed by atoms with Gasteiger partial charge in [-0.05, 0) is 157 Å². The van der Waals surface area contributed by atoms with Crippen LogP contribution in [0.2, 0.25) is 0 Å². The fourth-order valence-electron chi connectivity index (χ4n) is 12.4. The van der Waals surface area contributed by atoms with Crippen LogP contribution in [0.15, 0.2) is 265 Å². The summed E-state index contributed by atoms with van der Waals surface area (Å²) in [7, 11) is 0. The number of furan rings is 1. The van der Waals surface area contributed by atoms with E-state index in [1.807, 2.05) is 0 Å². The maximum absolute atomic E-state index is 7.47. The van der Waals surface area contributed by atoms with Gasteiger partial charge in [-0.2, -0.15) is 0 Å². The van der Waals surface area contributed by atoms with Crippen molar-refractivity contribution in [3.8, 4) is 33.4 Å². The van der Waals surface area contributed by atoms with Gasteiger partial charge in [-0.15, -0.1) is 0 Å². The molecule has 3 heterocycles. The number of para-hydroxylation sites is 2. The number of hydrogen-bond acceptors (Lipinski definition) is 4. The molecule has 0 fully saturated rings. The number of fused-ring (bicyclic) bond motifs is 10. The molecule has 13 aromatic rings. The monoisotopic (exact) mass is 985 g/mol. The van der Waals surface area contributed by atoms with Crippen LogP contribution in [0, 0.1) is 0 Å². The van der Waals surface area contributed by atoms with Crippen molar-refractivity contribution in [3.05, 3.63) is 266 Å². The number of benzene rings is 12. The molecule has 0 saturated carbocycles. The van der Waals surface area contributed by atoms with Gasteiger partial charge in [-0.1, -0.05) is 185 Å². The summed E-state index contributed by atoms with van der Waals surface area (Å²) in [6, 6.07) is 96.1. The molecular formula is C72H52BN3O. The Morgan fingerprint density at radius 1 is 0.377 bits per heavy atom.